The molecule has 0 fully saturated rings. The fourth-order valence-corrected chi connectivity index (χ4v) is 0.820. The second-order valence-corrected chi connectivity index (χ2v) is 3.62. The highest BCUT2D eigenvalue weighted by molar-refractivity contribution is 5.19. The zero-order valence-corrected chi connectivity index (χ0v) is 7.36. The Kier molecular flexibility index (Phi) is 2.32. The Morgan fingerprint density at radius 2 is 2.33 bits per heavy atom. The second-order valence-electron chi connectivity index (χ2n) is 3.62. The molecule has 1 aromatic heterocycles. The Labute approximate surface area is 71.2 Å². The fraction of sp³-hybridized carbons (Fsp3) is 0.714. The largest absolute Gasteiger partial charge is 0.396 e. The summed E-state index contributed by atoms with van der Waals surface area (Å²) in [5.74, 6) is 0.406. The summed E-state index contributed by atoms with van der Waals surface area (Å²) < 4.78 is 0. The van der Waals surface area contributed by atoms with Crippen molar-refractivity contribution >= 4 is 5.82 Å². The monoisotopic (exact) mass is 170 g/mol. The Morgan fingerprint density at radius 3 is 2.75 bits per heavy atom. The first-order valence-corrected chi connectivity index (χ1v) is 3.80. The van der Waals surface area contributed by atoms with Gasteiger partial charge >= 0.3 is 0 Å². The molecule has 0 unspecified atom stereocenters. The summed E-state index contributed by atoms with van der Waals surface area (Å²) in [6.45, 7) is 4.55. The average Bonchev–Trinajstić information content (AvgIpc) is 2.35. The lowest BCUT2D eigenvalue weighted by molar-refractivity contribution is 0.131. The fourth-order valence-electron chi connectivity index (χ4n) is 0.820. The van der Waals surface area contributed by atoms with Crippen molar-refractivity contribution < 1.29 is 5.11 Å². The molecule has 0 radical (unpaired) electrons. The molecule has 1 aromatic rings. The smallest absolute Gasteiger partial charge is 0.165 e. The van der Waals surface area contributed by atoms with Crippen molar-refractivity contribution in [2.24, 2.45) is 5.41 Å². The zero-order chi connectivity index (χ0) is 9.19. The van der Waals surface area contributed by atoms with Gasteiger partial charge in [-0.2, -0.15) is 9.90 Å². The van der Waals surface area contributed by atoms with Crippen LogP contribution in [0.5, 0.6) is 0 Å². The van der Waals surface area contributed by atoms with Gasteiger partial charge in [-0.15, -0.1) is 5.10 Å². The van der Waals surface area contributed by atoms with Gasteiger partial charge < -0.3 is 10.8 Å². The van der Waals surface area contributed by atoms with Crippen LogP contribution >= 0.6 is 0 Å². The van der Waals surface area contributed by atoms with Crippen molar-refractivity contribution in [2.75, 3.05) is 12.3 Å². The number of nitrogens with two attached hydrogens (primary N) is 1. The van der Waals surface area contributed by atoms with Crippen LogP contribution in [0.15, 0.2) is 6.20 Å². The highest BCUT2D eigenvalue weighted by Gasteiger charge is 2.18. The number of aliphatic hydroxyl groups is 1. The van der Waals surface area contributed by atoms with Crippen LogP contribution in [0.25, 0.3) is 0 Å². The van der Waals surface area contributed by atoms with Crippen LogP contribution in [0.2, 0.25) is 0 Å². The molecule has 0 amide bonds. The van der Waals surface area contributed by atoms with E-state index in [4.69, 9.17) is 10.8 Å². The summed E-state index contributed by atoms with van der Waals surface area (Å²) in [4.78, 5) is 1.49. The van der Waals surface area contributed by atoms with Crippen LogP contribution in [0, 0.1) is 5.41 Å². The molecular weight excluding hydrogens is 156 g/mol. The molecule has 0 bridgehead atoms. The molecule has 5 heteroatoms. The van der Waals surface area contributed by atoms with Gasteiger partial charge in [0.2, 0.25) is 0 Å². The van der Waals surface area contributed by atoms with Gasteiger partial charge in [0.05, 0.1) is 19.3 Å². The standard InChI is InChI=1S/C7H14N4O/c1-7(2,5-12)4-11-9-3-6(8)10-11/h3,12H,4-5H2,1-2H3,(H2,8,10). The summed E-state index contributed by atoms with van der Waals surface area (Å²) in [5, 5.41) is 16.8. The van der Waals surface area contributed by atoms with Gasteiger partial charge in [-0.1, -0.05) is 13.8 Å². The summed E-state index contributed by atoms with van der Waals surface area (Å²) in [5.41, 5.74) is 5.18. The Morgan fingerprint density at radius 1 is 1.67 bits per heavy atom. The molecule has 68 valence electrons. The number of anilines is 1. The molecule has 5 nitrogen and oxygen atoms in total. The Hall–Kier alpha value is -1.10. The van der Waals surface area contributed by atoms with Crippen molar-refractivity contribution in [3.05, 3.63) is 6.20 Å². The van der Waals surface area contributed by atoms with Crippen LogP contribution in [0.4, 0.5) is 5.82 Å². The van der Waals surface area contributed by atoms with Crippen LogP contribution in [-0.2, 0) is 6.54 Å². The molecule has 12 heavy (non-hydrogen) atoms. The number of nitrogen functional groups attached to an aromatic ring is 1. The van der Waals surface area contributed by atoms with Crippen LogP contribution in [-0.4, -0.2) is 26.7 Å². The lowest BCUT2D eigenvalue weighted by Gasteiger charge is -2.19. The van der Waals surface area contributed by atoms with E-state index in [9.17, 15) is 0 Å². The van der Waals surface area contributed by atoms with E-state index in [1.165, 1.54) is 11.0 Å². The summed E-state index contributed by atoms with van der Waals surface area (Å²) in [6.07, 6.45) is 1.49. The van der Waals surface area contributed by atoms with Crippen molar-refractivity contribution in [3.8, 4) is 0 Å². The molecule has 0 aliphatic carbocycles. The maximum absolute atomic E-state index is 8.96. The number of hydrogen-bond acceptors (Lipinski definition) is 4. The topological polar surface area (TPSA) is 77.0 Å². The number of aromatic nitrogens is 3. The Balaban J connectivity index is 2.63. The second kappa shape index (κ2) is 3.10. The van der Waals surface area contributed by atoms with Crippen LogP contribution < -0.4 is 5.73 Å². The third kappa shape index (κ3) is 2.20. The van der Waals surface area contributed by atoms with E-state index < -0.39 is 0 Å². The van der Waals surface area contributed by atoms with E-state index in [-0.39, 0.29) is 12.0 Å². The van der Waals surface area contributed by atoms with E-state index in [0.717, 1.165) is 0 Å². The molecule has 0 aliphatic rings. The molecule has 1 rings (SSSR count). The maximum atomic E-state index is 8.96. The number of aliphatic hydroxyl groups excluding tert-OH is 1. The number of rotatable bonds is 3. The van der Waals surface area contributed by atoms with Gasteiger partial charge in [-0.05, 0) is 0 Å². The summed E-state index contributed by atoms with van der Waals surface area (Å²) >= 11 is 0. The van der Waals surface area contributed by atoms with E-state index in [2.05, 4.69) is 10.2 Å². The first-order valence-electron chi connectivity index (χ1n) is 3.80. The molecular formula is C7H14N4O. The minimum Gasteiger partial charge on any atom is -0.396 e. The predicted octanol–water partition coefficient (Wildman–Crippen LogP) is -0.121. The quantitative estimate of drug-likeness (QED) is 0.663. The molecule has 0 aliphatic heterocycles. The average molecular weight is 170 g/mol. The van der Waals surface area contributed by atoms with E-state index >= 15 is 0 Å². The highest BCUT2D eigenvalue weighted by atomic mass is 16.3. The van der Waals surface area contributed by atoms with Crippen molar-refractivity contribution in [2.45, 2.75) is 20.4 Å². The summed E-state index contributed by atoms with van der Waals surface area (Å²) in [7, 11) is 0. The SMILES string of the molecule is CC(C)(CO)Cn1ncc(N)n1. The third-order valence-electron chi connectivity index (χ3n) is 1.55. The Bertz CT molecular complexity index is 256. The first-order chi connectivity index (χ1) is 5.53. The highest BCUT2D eigenvalue weighted by Crippen LogP contribution is 2.15. The molecule has 3 N–H and O–H groups in total. The molecule has 0 spiro atoms. The van der Waals surface area contributed by atoms with Gasteiger partial charge in [-0.3, -0.25) is 0 Å². The molecule has 1 heterocycles. The molecule has 0 aromatic carbocycles. The van der Waals surface area contributed by atoms with Crippen LogP contribution in [0.1, 0.15) is 13.8 Å². The normalized spacial score (nSPS) is 11.9. The van der Waals surface area contributed by atoms with Gasteiger partial charge in [-0.25, -0.2) is 0 Å². The lowest BCUT2D eigenvalue weighted by atomic mass is 9.95. The predicted molar refractivity (Wildman–Crippen MR) is 45.3 cm³/mol. The molecule has 0 atom stereocenters. The molecule has 0 saturated heterocycles. The van der Waals surface area contributed by atoms with Gasteiger partial charge in [0.1, 0.15) is 0 Å². The first kappa shape index (κ1) is 8.99. The minimum atomic E-state index is -0.203. The van der Waals surface area contributed by atoms with Gasteiger partial charge in [0.25, 0.3) is 0 Å². The van der Waals surface area contributed by atoms with Crippen molar-refractivity contribution in [1.82, 2.24) is 15.0 Å². The minimum absolute atomic E-state index is 0.106. The zero-order valence-electron chi connectivity index (χ0n) is 7.36. The lowest BCUT2D eigenvalue weighted by Crippen LogP contribution is -2.25. The molecule has 0 saturated carbocycles. The van der Waals surface area contributed by atoms with E-state index in [1.54, 1.807) is 0 Å². The maximum Gasteiger partial charge on any atom is 0.165 e. The van der Waals surface area contributed by atoms with Crippen molar-refractivity contribution in [1.29, 1.82) is 0 Å². The van der Waals surface area contributed by atoms with Gasteiger partial charge in [0, 0.05) is 5.41 Å². The number of nitrogens with zero attached hydrogens (tertiary/aromatic N) is 3. The summed E-state index contributed by atoms with van der Waals surface area (Å²) in [6, 6.07) is 0. The van der Waals surface area contributed by atoms with E-state index in [1.807, 2.05) is 13.8 Å². The van der Waals surface area contributed by atoms with E-state index in [0.29, 0.717) is 12.4 Å². The van der Waals surface area contributed by atoms with Crippen molar-refractivity contribution in [3.63, 3.8) is 0 Å². The number of hydrogen-bond donors (Lipinski definition) is 2. The van der Waals surface area contributed by atoms with Crippen LogP contribution in [0.3, 0.4) is 0 Å². The third-order valence-corrected chi connectivity index (χ3v) is 1.55. The van der Waals surface area contributed by atoms with Gasteiger partial charge in [0.15, 0.2) is 5.82 Å².